The average molecular weight is 522 g/mol. The molecule has 1 aliphatic rings. The van der Waals surface area contributed by atoms with E-state index < -0.39 is 0 Å². The average Bonchev–Trinajstić information content (AvgIpc) is 3.14. The largest absolute Gasteiger partial charge is 0.365 e. The molecular formula is C23H20Cl4N6. The smallest absolute Gasteiger partial charge is 0.170 e. The predicted octanol–water partition coefficient (Wildman–Crippen LogP) is 6.78. The Morgan fingerprint density at radius 3 is 2.42 bits per heavy atom. The van der Waals surface area contributed by atoms with E-state index in [2.05, 4.69) is 15.3 Å². The maximum atomic E-state index is 6.60. The highest BCUT2D eigenvalue weighted by atomic mass is 35.5. The number of hydrogen-bond acceptors (Lipinski definition) is 5. The van der Waals surface area contributed by atoms with Gasteiger partial charge in [0.25, 0.3) is 0 Å². The monoisotopic (exact) mass is 520 g/mol. The van der Waals surface area contributed by atoms with Gasteiger partial charge in [-0.1, -0.05) is 46.4 Å². The third kappa shape index (κ3) is 4.51. The van der Waals surface area contributed by atoms with Gasteiger partial charge in [0.1, 0.15) is 12.2 Å². The zero-order valence-corrected chi connectivity index (χ0v) is 20.4. The number of nitrogens with one attached hydrogen (secondary N) is 1. The van der Waals surface area contributed by atoms with Crippen molar-refractivity contribution < 1.29 is 0 Å². The van der Waals surface area contributed by atoms with Crippen LogP contribution in [0.25, 0.3) is 28.2 Å². The minimum absolute atomic E-state index is 0.183. The maximum absolute atomic E-state index is 6.60. The Morgan fingerprint density at radius 2 is 1.70 bits per heavy atom. The van der Waals surface area contributed by atoms with Crippen LogP contribution in [0.3, 0.4) is 0 Å². The van der Waals surface area contributed by atoms with Crippen molar-refractivity contribution in [3.05, 3.63) is 62.8 Å². The lowest BCUT2D eigenvalue weighted by Crippen LogP contribution is -2.35. The zero-order chi connectivity index (χ0) is 23.1. The van der Waals surface area contributed by atoms with Crippen molar-refractivity contribution in [1.29, 1.82) is 0 Å². The van der Waals surface area contributed by atoms with Gasteiger partial charge in [-0.2, -0.15) is 0 Å². The number of rotatable bonds is 4. The summed E-state index contributed by atoms with van der Waals surface area (Å²) in [5.41, 5.74) is 8.76. The molecule has 0 radical (unpaired) electrons. The summed E-state index contributed by atoms with van der Waals surface area (Å²) in [6, 6.07) is 11.0. The molecule has 0 bridgehead atoms. The summed E-state index contributed by atoms with van der Waals surface area (Å²) in [6.45, 7) is 0. The molecule has 2 heterocycles. The van der Waals surface area contributed by atoms with E-state index in [-0.39, 0.29) is 12.1 Å². The van der Waals surface area contributed by atoms with Crippen LogP contribution < -0.4 is 11.1 Å². The van der Waals surface area contributed by atoms with Crippen LogP contribution >= 0.6 is 46.4 Å². The molecule has 6 nitrogen and oxygen atoms in total. The van der Waals surface area contributed by atoms with Crippen LogP contribution in [0.5, 0.6) is 0 Å². The Hall–Kier alpha value is -2.09. The SMILES string of the molecule is NC1CCCC(Nc2ncnc3c2nc(-c2ccc(Cl)cc2Cl)n3-c2ccc(Cl)cc2Cl)C1. The summed E-state index contributed by atoms with van der Waals surface area (Å²) in [5.74, 6) is 1.22. The minimum atomic E-state index is 0.183. The fourth-order valence-electron chi connectivity index (χ4n) is 4.29. The Morgan fingerprint density at radius 1 is 0.939 bits per heavy atom. The Balaban J connectivity index is 1.72. The standard InChI is InChI=1S/C23H20Cl4N6/c24-12-4-6-16(17(26)8-12)22-32-20-21(31-15-3-1-2-14(28)10-15)29-11-30-23(20)33(22)19-7-5-13(25)9-18(19)27/h4-9,11,14-15H,1-3,10,28H2,(H,29,30,31). The van der Waals surface area contributed by atoms with Crippen LogP contribution in [-0.4, -0.2) is 31.6 Å². The van der Waals surface area contributed by atoms with Crippen molar-refractivity contribution in [2.75, 3.05) is 5.32 Å². The molecule has 0 spiro atoms. The van der Waals surface area contributed by atoms with E-state index in [0.717, 1.165) is 25.7 Å². The molecular weight excluding hydrogens is 502 g/mol. The molecule has 2 atom stereocenters. The highest BCUT2D eigenvalue weighted by Crippen LogP contribution is 2.37. The Labute approximate surface area is 211 Å². The van der Waals surface area contributed by atoms with Gasteiger partial charge in [0, 0.05) is 27.7 Å². The molecule has 0 saturated heterocycles. The lowest BCUT2D eigenvalue weighted by molar-refractivity contribution is 0.409. The van der Waals surface area contributed by atoms with Crippen LogP contribution in [0.4, 0.5) is 5.82 Å². The summed E-state index contributed by atoms with van der Waals surface area (Å²) >= 11 is 25.5. The number of halogens is 4. The van der Waals surface area contributed by atoms with Crippen molar-refractivity contribution in [2.45, 2.75) is 37.8 Å². The van der Waals surface area contributed by atoms with Crippen molar-refractivity contribution in [2.24, 2.45) is 5.73 Å². The first kappa shape index (κ1) is 22.7. The topological polar surface area (TPSA) is 81.7 Å². The van der Waals surface area contributed by atoms with E-state index >= 15 is 0 Å². The summed E-state index contributed by atoms with van der Waals surface area (Å²) in [7, 11) is 0. The molecule has 1 saturated carbocycles. The molecule has 1 fully saturated rings. The highest BCUT2D eigenvalue weighted by molar-refractivity contribution is 6.37. The van der Waals surface area contributed by atoms with E-state index in [1.54, 1.807) is 24.3 Å². The van der Waals surface area contributed by atoms with Crippen molar-refractivity contribution >= 4 is 63.4 Å². The molecule has 170 valence electrons. The Bertz CT molecular complexity index is 1340. The molecule has 2 aromatic heterocycles. The molecule has 1 aliphatic carbocycles. The van der Waals surface area contributed by atoms with Gasteiger partial charge in [-0.3, -0.25) is 4.57 Å². The molecule has 10 heteroatoms. The third-order valence-electron chi connectivity index (χ3n) is 5.82. The predicted molar refractivity (Wildman–Crippen MR) is 136 cm³/mol. The maximum Gasteiger partial charge on any atom is 0.170 e. The normalized spacial score (nSPS) is 18.6. The van der Waals surface area contributed by atoms with E-state index in [1.807, 2.05) is 16.7 Å². The fraction of sp³-hybridized carbons (Fsp3) is 0.261. The van der Waals surface area contributed by atoms with Crippen LogP contribution in [0.2, 0.25) is 20.1 Å². The lowest BCUT2D eigenvalue weighted by atomic mass is 9.92. The first-order chi connectivity index (χ1) is 15.9. The van der Waals surface area contributed by atoms with Gasteiger partial charge < -0.3 is 11.1 Å². The van der Waals surface area contributed by atoms with E-state index in [1.165, 1.54) is 6.33 Å². The number of nitrogens with two attached hydrogens (primary N) is 1. The van der Waals surface area contributed by atoms with Crippen molar-refractivity contribution in [3.8, 4) is 17.1 Å². The van der Waals surface area contributed by atoms with Crippen LogP contribution in [0, 0.1) is 0 Å². The second-order valence-electron chi connectivity index (χ2n) is 8.15. The highest BCUT2D eigenvalue weighted by Gasteiger charge is 2.24. The van der Waals surface area contributed by atoms with Gasteiger partial charge in [0.15, 0.2) is 17.0 Å². The van der Waals surface area contributed by atoms with Crippen LogP contribution in [0.15, 0.2) is 42.7 Å². The molecule has 4 aromatic rings. The number of aromatic nitrogens is 4. The number of fused-ring (bicyclic) bond motifs is 1. The van der Waals surface area contributed by atoms with Gasteiger partial charge in [0.05, 0.1) is 15.7 Å². The van der Waals surface area contributed by atoms with Crippen molar-refractivity contribution in [3.63, 3.8) is 0 Å². The number of imidazole rings is 1. The molecule has 0 aliphatic heterocycles. The third-order valence-corrected chi connectivity index (χ3v) is 6.91. The summed E-state index contributed by atoms with van der Waals surface area (Å²) in [5, 5.41) is 5.52. The van der Waals surface area contributed by atoms with Crippen LogP contribution in [0.1, 0.15) is 25.7 Å². The number of benzene rings is 2. The van der Waals surface area contributed by atoms with E-state index in [4.69, 9.17) is 57.1 Å². The quantitative estimate of drug-likeness (QED) is 0.309. The van der Waals surface area contributed by atoms with E-state index in [0.29, 0.717) is 54.1 Å². The number of nitrogens with zero attached hydrogens (tertiary/aromatic N) is 4. The second kappa shape index (κ2) is 9.28. The number of hydrogen-bond donors (Lipinski definition) is 2. The van der Waals surface area contributed by atoms with Gasteiger partial charge in [0.2, 0.25) is 0 Å². The van der Waals surface area contributed by atoms with Gasteiger partial charge >= 0.3 is 0 Å². The summed E-state index contributed by atoms with van der Waals surface area (Å²) in [4.78, 5) is 14.0. The Kier molecular flexibility index (Phi) is 6.38. The van der Waals surface area contributed by atoms with E-state index in [9.17, 15) is 0 Å². The first-order valence-electron chi connectivity index (χ1n) is 10.6. The molecule has 2 aromatic carbocycles. The van der Waals surface area contributed by atoms with Gasteiger partial charge in [-0.25, -0.2) is 15.0 Å². The lowest BCUT2D eigenvalue weighted by Gasteiger charge is -2.27. The molecule has 3 N–H and O–H groups in total. The van der Waals surface area contributed by atoms with Crippen molar-refractivity contribution in [1.82, 2.24) is 19.5 Å². The second-order valence-corrected chi connectivity index (χ2v) is 9.84. The summed E-state index contributed by atoms with van der Waals surface area (Å²) < 4.78 is 1.86. The minimum Gasteiger partial charge on any atom is -0.365 e. The molecule has 33 heavy (non-hydrogen) atoms. The molecule has 5 rings (SSSR count). The summed E-state index contributed by atoms with van der Waals surface area (Å²) in [6.07, 6.45) is 5.54. The fourth-order valence-corrected chi connectivity index (χ4v) is 5.28. The van der Waals surface area contributed by atoms with Crippen LogP contribution in [-0.2, 0) is 0 Å². The van der Waals surface area contributed by atoms with Gasteiger partial charge in [-0.15, -0.1) is 0 Å². The first-order valence-corrected chi connectivity index (χ1v) is 12.1. The number of anilines is 1. The molecule has 2 unspecified atom stereocenters. The molecule has 0 amide bonds. The van der Waals surface area contributed by atoms with Gasteiger partial charge in [-0.05, 0) is 62.1 Å². The zero-order valence-electron chi connectivity index (χ0n) is 17.4.